The van der Waals surface area contributed by atoms with Gasteiger partial charge in [-0.25, -0.2) is 0 Å². The third-order valence-electron chi connectivity index (χ3n) is 4.70. The monoisotopic (exact) mass is 283 g/mol. The van der Waals surface area contributed by atoms with Crippen LogP contribution in [0.5, 0.6) is 0 Å². The molecule has 1 aliphatic heterocycles. The molecule has 0 spiro atoms. The van der Waals surface area contributed by atoms with Crippen molar-refractivity contribution in [1.29, 1.82) is 5.26 Å². The SMILES string of the molecule is CC1(C)CCN(CC(C#N)(NC2CC2)c2ccccc2)C1. The molecule has 2 fully saturated rings. The van der Waals surface area contributed by atoms with E-state index in [2.05, 4.69) is 42.3 Å². The van der Waals surface area contributed by atoms with E-state index in [9.17, 15) is 5.26 Å². The van der Waals surface area contributed by atoms with Gasteiger partial charge in [0, 0.05) is 19.1 Å². The lowest BCUT2D eigenvalue weighted by atomic mass is 9.90. The smallest absolute Gasteiger partial charge is 0.145 e. The Hall–Kier alpha value is -1.37. The highest BCUT2D eigenvalue weighted by atomic mass is 15.2. The van der Waals surface area contributed by atoms with Crippen molar-refractivity contribution >= 4 is 0 Å². The molecule has 1 atom stereocenters. The maximum Gasteiger partial charge on any atom is 0.145 e. The van der Waals surface area contributed by atoms with Crippen molar-refractivity contribution < 1.29 is 0 Å². The first-order chi connectivity index (χ1) is 10.0. The van der Waals surface area contributed by atoms with Crippen LogP contribution in [0.15, 0.2) is 30.3 Å². The number of rotatable bonds is 5. The molecule has 0 radical (unpaired) electrons. The largest absolute Gasteiger partial charge is 0.300 e. The van der Waals surface area contributed by atoms with Crippen LogP contribution in [0.25, 0.3) is 0 Å². The predicted molar refractivity (Wildman–Crippen MR) is 84.7 cm³/mol. The molecule has 0 amide bonds. The Morgan fingerprint density at radius 1 is 1.33 bits per heavy atom. The first-order valence-corrected chi connectivity index (χ1v) is 8.00. The molecule has 21 heavy (non-hydrogen) atoms. The summed E-state index contributed by atoms with van der Waals surface area (Å²) < 4.78 is 0. The number of nitrogens with zero attached hydrogens (tertiary/aromatic N) is 2. The van der Waals surface area contributed by atoms with Crippen molar-refractivity contribution in [2.45, 2.75) is 44.7 Å². The molecule has 3 nitrogen and oxygen atoms in total. The second-order valence-corrected chi connectivity index (χ2v) is 7.43. The highest BCUT2D eigenvalue weighted by Gasteiger charge is 2.41. The van der Waals surface area contributed by atoms with Crippen LogP contribution in [0.2, 0.25) is 0 Å². The van der Waals surface area contributed by atoms with Crippen LogP contribution in [0.3, 0.4) is 0 Å². The lowest BCUT2D eigenvalue weighted by Gasteiger charge is -2.33. The molecule has 1 saturated carbocycles. The summed E-state index contributed by atoms with van der Waals surface area (Å²) in [5.41, 5.74) is 0.907. The Morgan fingerprint density at radius 2 is 2.05 bits per heavy atom. The molecular formula is C18H25N3. The number of nitrogens with one attached hydrogen (secondary N) is 1. The molecule has 1 aromatic carbocycles. The van der Waals surface area contributed by atoms with E-state index in [1.807, 2.05) is 18.2 Å². The first-order valence-electron chi connectivity index (χ1n) is 8.00. The zero-order valence-electron chi connectivity index (χ0n) is 13.1. The Morgan fingerprint density at radius 3 is 2.57 bits per heavy atom. The van der Waals surface area contributed by atoms with Crippen LogP contribution in [-0.4, -0.2) is 30.6 Å². The Bertz CT molecular complexity index is 527. The average molecular weight is 283 g/mol. The van der Waals surface area contributed by atoms with Crippen molar-refractivity contribution in [1.82, 2.24) is 10.2 Å². The molecule has 1 unspecified atom stereocenters. The summed E-state index contributed by atoms with van der Waals surface area (Å²) in [7, 11) is 0. The van der Waals surface area contributed by atoms with E-state index in [1.165, 1.54) is 19.3 Å². The molecule has 0 aromatic heterocycles. The number of benzene rings is 1. The molecule has 1 heterocycles. The fraction of sp³-hybridized carbons (Fsp3) is 0.611. The fourth-order valence-electron chi connectivity index (χ4n) is 3.35. The Balaban J connectivity index is 1.84. The minimum atomic E-state index is -0.567. The van der Waals surface area contributed by atoms with Gasteiger partial charge in [-0.2, -0.15) is 5.26 Å². The van der Waals surface area contributed by atoms with Crippen molar-refractivity contribution in [2.75, 3.05) is 19.6 Å². The summed E-state index contributed by atoms with van der Waals surface area (Å²) in [6.45, 7) is 7.59. The Kier molecular flexibility index (Phi) is 3.77. The molecule has 3 rings (SSSR count). The maximum atomic E-state index is 9.96. The van der Waals surface area contributed by atoms with E-state index < -0.39 is 5.54 Å². The van der Waals surface area contributed by atoms with Crippen LogP contribution in [0.1, 0.15) is 38.7 Å². The minimum Gasteiger partial charge on any atom is -0.300 e. The highest BCUT2D eigenvalue weighted by Crippen LogP contribution is 2.34. The number of hydrogen-bond acceptors (Lipinski definition) is 3. The summed E-state index contributed by atoms with van der Waals surface area (Å²) in [6, 6.07) is 13.4. The van der Waals surface area contributed by atoms with E-state index >= 15 is 0 Å². The standard InChI is InChI=1S/C18H25N3/c1-17(2)10-11-21(13-17)14-18(12-19,20-16-8-9-16)15-6-4-3-5-7-15/h3-7,16,20H,8-11,13-14H2,1-2H3. The lowest BCUT2D eigenvalue weighted by molar-refractivity contribution is 0.227. The van der Waals surface area contributed by atoms with E-state index in [1.54, 1.807) is 0 Å². The highest BCUT2D eigenvalue weighted by molar-refractivity contribution is 5.33. The van der Waals surface area contributed by atoms with Crippen molar-refractivity contribution in [3.8, 4) is 6.07 Å². The quantitative estimate of drug-likeness (QED) is 0.903. The average Bonchev–Trinajstić information content (AvgIpc) is 3.22. The molecule has 1 aliphatic carbocycles. The third kappa shape index (κ3) is 3.28. The zero-order chi connectivity index (χ0) is 14.9. The maximum absolute atomic E-state index is 9.96. The van der Waals surface area contributed by atoms with Gasteiger partial charge in [-0.1, -0.05) is 44.2 Å². The number of likely N-dealkylation sites (tertiary alicyclic amines) is 1. The molecule has 3 heteroatoms. The molecular weight excluding hydrogens is 258 g/mol. The number of nitriles is 1. The van der Waals surface area contributed by atoms with Gasteiger partial charge in [0.05, 0.1) is 6.07 Å². The Labute approximate surface area is 128 Å². The van der Waals surface area contributed by atoms with Gasteiger partial charge in [0.1, 0.15) is 5.54 Å². The van der Waals surface area contributed by atoms with Gasteiger partial charge in [0.15, 0.2) is 0 Å². The number of hydrogen-bond donors (Lipinski definition) is 1. The molecule has 2 aliphatic rings. The fourth-order valence-corrected chi connectivity index (χ4v) is 3.35. The predicted octanol–water partition coefficient (Wildman–Crippen LogP) is 2.89. The topological polar surface area (TPSA) is 39.1 Å². The van der Waals surface area contributed by atoms with Crippen LogP contribution >= 0.6 is 0 Å². The summed E-state index contributed by atoms with van der Waals surface area (Å²) in [5, 5.41) is 13.6. The lowest BCUT2D eigenvalue weighted by Crippen LogP contribution is -2.50. The summed E-state index contributed by atoms with van der Waals surface area (Å²) in [5.74, 6) is 0. The van der Waals surface area contributed by atoms with E-state index in [-0.39, 0.29) is 0 Å². The van der Waals surface area contributed by atoms with E-state index in [4.69, 9.17) is 0 Å². The van der Waals surface area contributed by atoms with Crippen LogP contribution in [-0.2, 0) is 5.54 Å². The van der Waals surface area contributed by atoms with Gasteiger partial charge in [-0.3, -0.25) is 10.2 Å². The van der Waals surface area contributed by atoms with Gasteiger partial charge in [0.2, 0.25) is 0 Å². The zero-order valence-corrected chi connectivity index (χ0v) is 13.1. The third-order valence-corrected chi connectivity index (χ3v) is 4.70. The van der Waals surface area contributed by atoms with Crippen LogP contribution in [0.4, 0.5) is 0 Å². The molecule has 0 bridgehead atoms. The molecule has 112 valence electrons. The summed E-state index contributed by atoms with van der Waals surface area (Å²) >= 11 is 0. The van der Waals surface area contributed by atoms with Crippen LogP contribution < -0.4 is 5.32 Å². The minimum absolute atomic E-state index is 0.372. The molecule has 1 N–H and O–H groups in total. The van der Waals surface area contributed by atoms with Crippen molar-refractivity contribution in [3.63, 3.8) is 0 Å². The van der Waals surface area contributed by atoms with Gasteiger partial charge in [0.25, 0.3) is 0 Å². The second kappa shape index (κ2) is 5.44. The normalized spacial score (nSPS) is 24.4. The summed E-state index contributed by atoms with van der Waals surface area (Å²) in [4.78, 5) is 2.45. The van der Waals surface area contributed by atoms with Gasteiger partial charge >= 0.3 is 0 Å². The summed E-state index contributed by atoms with van der Waals surface area (Å²) in [6.07, 6.45) is 3.61. The second-order valence-electron chi connectivity index (χ2n) is 7.43. The van der Waals surface area contributed by atoms with E-state index in [0.29, 0.717) is 11.5 Å². The molecule has 1 saturated heterocycles. The van der Waals surface area contributed by atoms with E-state index in [0.717, 1.165) is 25.2 Å². The van der Waals surface area contributed by atoms with Crippen molar-refractivity contribution in [3.05, 3.63) is 35.9 Å². The molecule has 1 aromatic rings. The van der Waals surface area contributed by atoms with Crippen molar-refractivity contribution in [2.24, 2.45) is 5.41 Å². The van der Waals surface area contributed by atoms with Gasteiger partial charge in [-0.15, -0.1) is 0 Å². The first kappa shape index (κ1) is 14.6. The van der Waals surface area contributed by atoms with Gasteiger partial charge < -0.3 is 0 Å². The van der Waals surface area contributed by atoms with Crippen LogP contribution in [0, 0.1) is 16.7 Å². The van der Waals surface area contributed by atoms with Gasteiger partial charge in [-0.05, 0) is 36.8 Å².